The first-order valence-electron chi connectivity index (χ1n) is 4.60. The molecule has 0 bridgehead atoms. The third kappa shape index (κ3) is 1.64. The molecule has 1 aromatic heterocycles. The Labute approximate surface area is 83.7 Å². The Bertz CT molecular complexity index is 435. The van der Waals surface area contributed by atoms with Crippen LogP contribution in [-0.4, -0.2) is 9.97 Å². The van der Waals surface area contributed by atoms with E-state index < -0.39 is 0 Å². The second kappa shape index (κ2) is 3.58. The molecule has 0 radical (unpaired) electrons. The second-order valence-electron chi connectivity index (χ2n) is 3.45. The Morgan fingerprint density at radius 2 is 1.71 bits per heavy atom. The van der Waals surface area contributed by atoms with E-state index in [9.17, 15) is 0 Å². The molecule has 1 heterocycles. The summed E-state index contributed by atoms with van der Waals surface area (Å²) in [6, 6.07) is 6.39. The minimum absolute atomic E-state index is 1.07. The van der Waals surface area contributed by atoms with E-state index in [1.807, 2.05) is 12.4 Å². The number of hydrogen-bond acceptors (Lipinski definition) is 2. The van der Waals surface area contributed by atoms with Gasteiger partial charge in [-0.3, -0.25) is 0 Å². The fourth-order valence-electron chi connectivity index (χ4n) is 1.58. The average molecular weight is 184 g/mol. The number of rotatable bonds is 1. The fourth-order valence-corrected chi connectivity index (χ4v) is 1.58. The van der Waals surface area contributed by atoms with Crippen molar-refractivity contribution in [1.82, 2.24) is 9.97 Å². The summed E-state index contributed by atoms with van der Waals surface area (Å²) in [4.78, 5) is 8.03. The van der Waals surface area contributed by atoms with Crippen LogP contribution in [0, 0.1) is 13.8 Å². The van der Waals surface area contributed by atoms with Crippen molar-refractivity contribution in [3.63, 3.8) is 0 Å². The maximum atomic E-state index is 4.01. The van der Waals surface area contributed by atoms with Crippen LogP contribution in [0.3, 0.4) is 0 Å². The van der Waals surface area contributed by atoms with Crippen molar-refractivity contribution >= 4 is 0 Å². The molecule has 2 aromatic rings. The van der Waals surface area contributed by atoms with Crippen LogP contribution in [0.15, 0.2) is 36.9 Å². The van der Waals surface area contributed by atoms with E-state index in [-0.39, 0.29) is 0 Å². The molecule has 0 unspecified atom stereocenters. The van der Waals surface area contributed by atoms with Crippen molar-refractivity contribution in [2.75, 3.05) is 0 Å². The number of nitrogens with zero attached hydrogens (tertiary/aromatic N) is 2. The lowest BCUT2D eigenvalue weighted by Gasteiger charge is -2.05. The van der Waals surface area contributed by atoms with Gasteiger partial charge in [-0.1, -0.05) is 23.8 Å². The molecule has 0 saturated carbocycles. The SMILES string of the molecule is Cc1ccc(-c2cncnc2)c(C)c1. The number of aromatic nitrogens is 2. The number of benzene rings is 1. The molecule has 0 atom stereocenters. The molecular weight excluding hydrogens is 172 g/mol. The highest BCUT2D eigenvalue weighted by molar-refractivity contribution is 5.65. The van der Waals surface area contributed by atoms with Gasteiger partial charge in [-0.25, -0.2) is 9.97 Å². The highest BCUT2D eigenvalue weighted by atomic mass is 14.8. The van der Waals surface area contributed by atoms with Crippen LogP contribution in [0.5, 0.6) is 0 Å². The van der Waals surface area contributed by atoms with Crippen LogP contribution in [0.2, 0.25) is 0 Å². The minimum Gasteiger partial charge on any atom is -0.244 e. The van der Waals surface area contributed by atoms with Gasteiger partial charge in [-0.15, -0.1) is 0 Å². The second-order valence-corrected chi connectivity index (χ2v) is 3.45. The van der Waals surface area contributed by atoms with Crippen molar-refractivity contribution in [3.05, 3.63) is 48.0 Å². The first kappa shape index (κ1) is 8.88. The van der Waals surface area contributed by atoms with Crippen LogP contribution in [0.1, 0.15) is 11.1 Å². The minimum atomic E-state index is 1.07. The molecule has 0 aliphatic rings. The van der Waals surface area contributed by atoms with E-state index in [2.05, 4.69) is 42.0 Å². The highest BCUT2D eigenvalue weighted by Crippen LogP contribution is 2.22. The van der Waals surface area contributed by atoms with E-state index in [1.54, 1.807) is 6.33 Å². The van der Waals surface area contributed by atoms with Crippen LogP contribution >= 0.6 is 0 Å². The first-order valence-corrected chi connectivity index (χ1v) is 4.60. The van der Waals surface area contributed by atoms with Crippen molar-refractivity contribution in [3.8, 4) is 11.1 Å². The smallest absolute Gasteiger partial charge is 0.115 e. The van der Waals surface area contributed by atoms with Gasteiger partial charge < -0.3 is 0 Å². The van der Waals surface area contributed by atoms with Gasteiger partial charge in [0.2, 0.25) is 0 Å². The molecule has 2 rings (SSSR count). The Morgan fingerprint density at radius 3 is 2.36 bits per heavy atom. The molecule has 0 N–H and O–H groups in total. The molecule has 14 heavy (non-hydrogen) atoms. The standard InChI is InChI=1S/C12H12N2/c1-9-3-4-12(10(2)5-9)11-6-13-8-14-7-11/h3-8H,1-2H3. The first-order chi connectivity index (χ1) is 6.77. The Balaban J connectivity index is 2.53. The van der Waals surface area contributed by atoms with Gasteiger partial charge in [0.05, 0.1) is 0 Å². The van der Waals surface area contributed by atoms with Gasteiger partial charge in [0.15, 0.2) is 0 Å². The van der Waals surface area contributed by atoms with Gasteiger partial charge in [-0.2, -0.15) is 0 Å². The Hall–Kier alpha value is -1.70. The molecule has 0 fully saturated rings. The molecule has 70 valence electrons. The quantitative estimate of drug-likeness (QED) is 0.681. The Kier molecular flexibility index (Phi) is 2.27. The molecule has 0 spiro atoms. The predicted molar refractivity (Wildman–Crippen MR) is 56.9 cm³/mol. The molecule has 0 aliphatic carbocycles. The van der Waals surface area contributed by atoms with Crippen LogP contribution in [-0.2, 0) is 0 Å². The summed E-state index contributed by atoms with van der Waals surface area (Å²) in [6.07, 6.45) is 5.22. The molecule has 0 saturated heterocycles. The Morgan fingerprint density at radius 1 is 1.00 bits per heavy atom. The molecule has 0 amide bonds. The van der Waals surface area contributed by atoms with E-state index in [0.29, 0.717) is 0 Å². The number of aryl methyl sites for hydroxylation is 2. The summed E-state index contributed by atoms with van der Waals surface area (Å²) in [7, 11) is 0. The van der Waals surface area contributed by atoms with E-state index in [4.69, 9.17) is 0 Å². The van der Waals surface area contributed by atoms with Crippen molar-refractivity contribution in [1.29, 1.82) is 0 Å². The lowest BCUT2D eigenvalue weighted by Crippen LogP contribution is -1.86. The molecule has 0 aliphatic heterocycles. The van der Waals surface area contributed by atoms with Crippen molar-refractivity contribution < 1.29 is 0 Å². The summed E-state index contributed by atoms with van der Waals surface area (Å²) in [5, 5.41) is 0. The summed E-state index contributed by atoms with van der Waals surface area (Å²) >= 11 is 0. The third-order valence-electron chi connectivity index (χ3n) is 2.25. The maximum absolute atomic E-state index is 4.01. The summed E-state index contributed by atoms with van der Waals surface area (Å²) < 4.78 is 0. The van der Waals surface area contributed by atoms with Crippen LogP contribution in [0.4, 0.5) is 0 Å². The van der Waals surface area contributed by atoms with Crippen molar-refractivity contribution in [2.24, 2.45) is 0 Å². The van der Waals surface area contributed by atoms with Gasteiger partial charge in [-0.05, 0) is 25.0 Å². The largest absolute Gasteiger partial charge is 0.244 e. The molecule has 2 heteroatoms. The summed E-state index contributed by atoms with van der Waals surface area (Å²) in [6.45, 7) is 4.20. The van der Waals surface area contributed by atoms with E-state index >= 15 is 0 Å². The zero-order chi connectivity index (χ0) is 9.97. The van der Waals surface area contributed by atoms with Crippen LogP contribution < -0.4 is 0 Å². The zero-order valence-electron chi connectivity index (χ0n) is 8.36. The van der Waals surface area contributed by atoms with Gasteiger partial charge in [0.25, 0.3) is 0 Å². The van der Waals surface area contributed by atoms with Gasteiger partial charge in [0.1, 0.15) is 6.33 Å². The monoisotopic (exact) mass is 184 g/mol. The lowest BCUT2D eigenvalue weighted by molar-refractivity contribution is 1.17. The summed E-state index contributed by atoms with van der Waals surface area (Å²) in [5.41, 5.74) is 4.82. The van der Waals surface area contributed by atoms with Crippen molar-refractivity contribution in [2.45, 2.75) is 13.8 Å². The maximum Gasteiger partial charge on any atom is 0.115 e. The number of hydrogen-bond donors (Lipinski definition) is 0. The fraction of sp³-hybridized carbons (Fsp3) is 0.167. The average Bonchev–Trinajstić information content (AvgIpc) is 2.19. The van der Waals surface area contributed by atoms with Gasteiger partial charge in [0, 0.05) is 18.0 Å². The van der Waals surface area contributed by atoms with Crippen LogP contribution in [0.25, 0.3) is 11.1 Å². The third-order valence-corrected chi connectivity index (χ3v) is 2.25. The normalized spacial score (nSPS) is 10.1. The molecule has 1 aromatic carbocycles. The summed E-state index contributed by atoms with van der Waals surface area (Å²) in [5.74, 6) is 0. The molecule has 2 nitrogen and oxygen atoms in total. The predicted octanol–water partition coefficient (Wildman–Crippen LogP) is 2.76. The zero-order valence-corrected chi connectivity index (χ0v) is 8.36. The van der Waals surface area contributed by atoms with E-state index in [0.717, 1.165) is 5.56 Å². The molecular formula is C12H12N2. The topological polar surface area (TPSA) is 25.8 Å². The highest BCUT2D eigenvalue weighted by Gasteiger charge is 2.01. The lowest BCUT2D eigenvalue weighted by atomic mass is 10.0. The van der Waals surface area contributed by atoms with Gasteiger partial charge >= 0.3 is 0 Å². The van der Waals surface area contributed by atoms with E-state index in [1.165, 1.54) is 16.7 Å².